The zero-order valence-electron chi connectivity index (χ0n) is 10.5. The monoisotopic (exact) mass is 337 g/mol. The van der Waals surface area contributed by atoms with Crippen molar-refractivity contribution in [3.63, 3.8) is 0 Å². The molecule has 5 heteroatoms. The van der Waals surface area contributed by atoms with E-state index in [1.165, 1.54) is 22.9 Å². The Bertz CT molecular complexity index is 643. The van der Waals surface area contributed by atoms with Gasteiger partial charge in [0.2, 0.25) is 0 Å². The van der Waals surface area contributed by atoms with Gasteiger partial charge >= 0.3 is 5.97 Å². The van der Waals surface area contributed by atoms with Crippen LogP contribution in [0.3, 0.4) is 0 Å². The average Bonchev–Trinajstić information content (AvgIpc) is 2.36. The first-order valence-corrected chi connectivity index (χ1v) is 7.22. The topological polar surface area (TPSA) is 50.2 Å². The highest BCUT2D eigenvalue weighted by molar-refractivity contribution is 9.10. The molecule has 0 aliphatic heterocycles. The van der Waals surface area contributed by atoms with Crippen molar-refractivity contribution in [2.45, 2.75) is 23.8 Å². The number of pyridine rings is 1. The first-order valence-electron chi connectivity index (χ1n) is 5.61. The molecular weight excluding hydrogens is 326 g/mol. The first-order chi connectivity index (χ1) is 8.97. The number of nitrogens with zero attached hydrogens (tertiary/aromatic N) is 1. The second-order valence-electron chi connectivity index (χ2n) is 4.16. The van der Waals surface area contributed by atoms with E-state index in [1.54, 1.807) is 12.3 Å². The summed E-state index contributed by atoms with van der Waals surface area (Å²) in [6.45, 7) is 4.08. The van der Waals surface area contributed by atoms with Crippen molar-refractivity contribution < 1.29 is 9.90 Å². The van der Waals surface area contributed by atoms with Crippen LogP contribution in [-0.2, 0) is 0 Å². The second kappa shape index (κ2) is 5.75. The fourth-order valence-corrected chi connectivity index (χ4v) is 2.84. The number of hydrogen-bond acceptors (Lipinski definition) is 3. The van der Waals surface area contributed by atoms with Crippen molar-refractivity contribution in [2.75, 3.05) is 0 Å². The van der Waals surface area contributed by atoms with E-state index < -0.39 is 5.97 Å². The van der Waals surface area contributed by atoms with Crippen LogP contribution in [0.25, 0.3) is 0 Å². The maximum Gasteiger partial charge on any atom is 0.338 e. The van der Waals surface area contributed by atoms with Gasteiger partial charge in [-0.2, -0.15) is 0 Å². The highest BCUT2D eigenvalue weighted by Gasteiger charge is 2.13. The van der Waals surface area contributed by atoms with E-state index in [0.29, 0.717) is 9.50 Å². The predicted octanol–water partition coefficient (Wildman–Crippen LogP) is 4.31. The fraction of sp³-hybridized carbons (Fsp3) is 0.143. The van der Waals surface area contributed by atoms with Crippen LogP contribution in [0.15, 0.2) is 44.9 Å². The molecule has 2 aromatic rings. The van der Waals surface area contributed by atoms with Crippen molar-refractivity contribution in [1.82, 2.24) is 4.98 Å². The number of aromatic nitrogens is 1. The van der Waals surface area contributed by atoms with Crippen molar-refractivity contribution in [1.29, 1.82) is 0 Å². The SMILES string of the molecule is Cc1ccc(Sc2ncc(Br)cc2C(=O)O)cc1C. The quantitative estimate of drug-likeness (QED) is 0.906. The molecule has 1 N–H and O–H groups in total. The second-order valence-corrected chi connectivity index (χ2v) is 6.14. The van der Waals surface area contributed by atoms with Gasteiger partial charge < -0.3 is 5.11 Å². The van der Waals surface area contributed by atoms with Crippen molar-refractivity contribution in [2.24, 2.45) is 0 Å². The van der Waals surface area contributed by atoms with Gasteiger partial charge in [-0.05, 0) is 59.1 Å². The van der Waals surface area contributed by atoms with Crippen molar-refractivity contribution in [3.8, 4) is 0 Å². The lowest BCUT2D eigenvalue weighted by Crippen LogP contribution is -2.00. The summed E-state index contributed by atoms with van der Waals surface area (Å²) >= 11 is 4.60. The molecule has 0 atom stereocenters. The van der Waals surface area contributed by atoms with Crippen molar-refractivity contribution in [3.05, 3.63) is 51.6 Å². The minimum absolute atomic E-state index is 0.206. The van der Waals surface area contributed by atoms with Crippen LogP contribution in [-0.4, -0.2) is 16.1 Å². The highest BCUT2D eigenvalue weighted by atomic mass is 79.9. The summed E-state index contributed by atoms with van der Waals surface area (Å²) in [5.74, 6) is -0.972. The van der Waals surface area contributed by atoms with E-state index in [9.17, 15) is 9.90 Å². The van der Waals surface area contributed by atoms with Crippen LogP contribution in [0.4, 0.5) is 0 Å². The molecule has 19 heavy (non-hydrogen) atoms. The molecule has 0 unspecified atom stereocenters. The number of carbonyl (C=O) groups is 1. The molecule has 0 aliphatic carbocycles. The number of benzene rings is 1. The van der Waals surface area contributed by atoms with Gasteiger partial charge in [0.05, 0.1) is 5.56 Å². The number of aryl methyl sites for hydroxylation is 2. The van der Waals surface area contributed by atoms with E-state index in [4.69, 9.17) is 0 Å². The number of hydrogen-bond donors (Lipinski definition) is 1. The molecule has 2 rings (SSSR count). The molecule has 0 spiro atoms. The van der Waals surface area contributed by atoms with E-state index >= 15 is 0 Å². The van der Waals surface area contributed by atoms with Crippen LogP contribution >= 0.6 is 27.7 Å². The lowest BCUT2D eigenvalue weighted by atomic mass is 10.1. The smallest absolute Gasteiger partial charge is 0.338 e. The minimum atomic E-state index is -0.972. The average molecular weight is 338 g/mol. The van der Waals surface area contributed by atoms with E-state index in [2.05, 4.69) is 20.9 Å². The number of halogens is 1. The van der Waals surface area contributed by atoms with Gasteiger partial charge in [-0.1, -0.05) is 17.8 Å². The Labute approximate surface area is 124 Å². The number of carboxylic acid groups (broad SMARTS) is 1. The summed E-state index contributed by atoms with van der Waals surface area (Å²) in [7, 11) is 0. The van der Waals surface area contributed by atoms with Crippen molar-refractivity contribution >= 4 is 33.7 Å². The minimum Gasteiger partial charge on any atom is -0.478 e. The lowest BCUT2D eigenvalue weighted by Gasteiger charge is -2.07. The zero-order chi connectivity index (χ0) is 14.0. The maximum absolute atomic E-state index is 11.2. The summed E-state index contributed by atoms with van der Waals surface area (Å²) in [5.41, 5.74) is 2.60. The van der Waals surface area contributed by atoms with Crippen LogP contribution < -0.4 is 0 Å². The van der Waals surface area contributed by atoms with Crippen LogP contribution in [0, 0.1) is 13.8 Å². The summed E-state index contributed by atoms with van der Waals surface area (Å²) in [6.07, 6.45) is 1.61. The summed E-state index contributed by atoms with van der Waals surface area (Å²) < 4.78 is 0.661. The molecule has 0 fully saturated rings. The Morgan fingerprint density at radius 2 is 2.00 bits per heavy atom. The maximum atomic E-state index is 11.2. The molecule has 98 valence electrons. The Kier molecular flexibility index (Phi) is 4.27. The standard InChI is InChI=1S/C14H12BrNO2S/c1-8-3-4-11(5-9(8)2)19-13-12(14(17)18)6-10(15)7-16-13/h3-7H,1-2H3,(H,17,18). The lowest BCUT2D eigenvalue weighted by molar-refractivity contribution is 0.0692. The molecule has 1 aromatic heterocycles. The van der Waals surface area contributed by atoms with Gasteiger partial charge in [0.1, 0.15) is 5.03 Å². The normalized spacial score (nSPS) is 10.5. The third kappa shape index (κ3) is 3.36. The van der Waals surface area contributed by atoms with Crippen LogP contribution in [0.5, 0.6) is 0 Å². The highest BCUT2D eigenvalue weighted by Crippen LogP contribution is 2.31. The number of carboxylic acids is 1. The largest absolute Gasteiger partial charge is 0.478 e. The molecule has 0 saturated carbocycles. The molecular formula is C14H12BrNO2S. The van der Waals surface area contributed by atoms with Gasteiger partial charge in [0, 0.05) is 15.6 Å². The Balaban J connectivity index is 2.37. The van der Waals surface area contributed by atoms with Gasteiger partial charge in [-0.3, -0.25) is 0 Å². The predicted molar refractivity (Wildman–Crippen MR) is 78.9 cm³/mol. The first kappa shape index (κ1) is 14.1. The third-order valence-electron chi connectivity index (χ3n) is 2.74. The number of rotatable bonds is 3. The Morgan fingerprint density at radius 1 is 1.26 bits per heavy atom. The molecule has 0 bridgehead atoms. The summed E-state index contributed by atoms with van der Waals surface area (Å²) in [6, 6.07) is 7.60. The molecule has 0 radical (unpaired) electrons. The van der Waals surface area contributed by atoms with Crippen LogP contribution in [0.2, 0.25) is 0 Å². The van der Waals surface area contributed by atoms with Gasteiger partial charge in [0.15, 0.2) is 0 Å². The van der Waals surface area contributed by atoms with E-state index in [0.717, 1.165) is 4.90 Å². The van der Waals surface area contributed by atoms with Gasteiger partial charge in [-0.15, -0.1) is 0 Å². The molecule has 1 heterocycles. The van der Waals surface area contributed by atoms with Crippen LogP contribution in [0.1, 0.15) is 21.5 Å². The third-order valence-corrected chi connectivity index (χ3v) is 4.18. The molecule has 0 aliphatic rings. The Morgan fingerprint density at radius 3 is 2.63 bits per heavy atom. The summed E-state index contributed by atoms with van der Waals surface area (Å²) in [5, 5.41) is 9.69. The summed E-state index contributed by atoms with van der Waals surface area (Å²) in [4.78, 5) is 16.4. The Hall–Kier alpha value is -1.33. The zero-order valence-corrected chi connectivity index (χ0v) is 12.9. The van der Waals surface area contributed by atoms with E-state index in [-0.39, 0.29) is 5.56 Å². The van der Waals surface area contributed by atoms with Gasteiger partial charge in [-0.25, -0.2) is 9.78 Å². The molecule has 1 aromatic carbocycles. The fourth-order valence-electron chi connectivity index (χ4n) is 1.55. The van der Waals surface area contributed by atoms with E-state index in [1.807, 2.05) is 32.0 Å². The van der Waals surface area contributed by atoms with Gasteiger partial charge in [0.25, 0.3) is 0 Å². The molecule has 3 nitrogen and oxygen atoms in total. The molecule has 0 saturated heterocycles. The molecule has 0 amide bonds. The number of aromatic carboxylic acids is 1.